The third kappa shape index (κ3) is 9.20. The lowest BCUT2D eigenvalue weighted by molar-refractivity contribution is 0.0472. The van der Waals surface area contributed by atoms with E-state index in [-0.39, 0.29) is 18.0 Å². The zero-order valence-electron chi connectivity index (χ0n) is 14.8. The summed E-state index contributed by atoms with van der Waals surface area (Å²) in [7, 11) is -3.06. The van der Waals surface area contributed by atoms with Gasteiger partial charge in [0.15, 0.2) is 0 Å². The lowest BCUT2D eigenvalue weighted by Gasteiger charge is -2.28. The quantitative estimate of drug-likeness (QED) is 0.467. The molecule has 0 aliphatic carbocycles. The molecule has 132 valence electrons. The van der Waals surface area contributed by atoms with Gasteiger partial charge in [0.05, 0.1) is 0 Å². The number of unbranched alkanes of at least 4 members (excludes halogenated alkanes) is 3. The van der Waals surface area contributed by atoms with Crippen molar-refractivity contribution in [2.45, 2.75) is 78.1 Å². The maximum atomic E-state index is 13.1. The first-order chi connectivity index (χ1) is 10.8. The Bertz CT molecular complexity index is 442. The summed E-state index contributed by atoms with van der Waals surface area (Å²) < 4.78 is 24.4. The lowest BCUT2D eigenvalue weighted by atomic mass is 10.1. The molecule has 0 fully saturated rings. The van der Waals surface area contributed by atoms with Crippen molar-refractivity contribution >= 4 is 8.80 Å². The molecule has 0 spiro atoms. The molecule has 0 saturated carbocycles. The second kappa shape index (κ2) is 10.2. The first-order valence-corrected chi connectivity index (χ1v) is 10.6. The van der Waals surface area contributed by atoms with E-state index in [4.69, 9.17) is 8.85 Å². The molecule has 0 heterocycles. The topological polar surface area (TPSA) is 38.7 Å². The van der Waals surface area contributed by atoms with Crippen LogP contribution in [0.2, 0.25) is 6.04 Å². The van der Waals surface area contributed by atoms with Gasteiger partial charge in [-0.25, -0.2) is 4.39 Å². The standard InChI is InChI=1S/C18H31FO3Si/c1-15(2)21-23(20,22-16(3)4)13-8-6-5-7-10-17-11-9-12-18(19)14-17/h9,11-12,14-16,20H,5-8,10,13H2,1-4H3. The highest BCUT2D eigenvalue weighted by Gasteiger charge is 2.38. The Labute approximate surface area is 141 Å². The van der Waals surface area contributed by atoms with Crippen molar-refractivity contribution in [1.82, 2.24) is 0 Å². The van der Waals surface area contributed by atoms with Crippen molar-refractivity contribution in [3.63, 3.8) is 0 Å². The molecule has 0 bridgehead atoms. The van der Waals surface area contributed by atoms with Crippen LogP contribution in [-0.2, 0) is 15.3 Å². The first-order valence-electron chi connectivity index (χ1n) is 8.63. The van der Waals surface area contributed by atoms with Gasteiger partial charge in [-0.1, -0.05) is 25.0 Å². The Morgan fingerprint density at radius 2 is 1.61 bits per heavy atom. The molecule has 23 heavy (non-hydrogen) atoms. The zero-order chi connectivity index (χ0) is 17.3. The van der Waals surface area contributed by atoms with E-state index in [1.807, 2.05) is 33.8 Å². The van der Waals surface area contributed by atoms with Gasteiger partial charge in [-0.15, -0.1) is 0 Å². The van der Waals surface area contributed by atoms with E-state index in [0.29, 0.717) is 6.04 Å². The van der Waals surface area contributed by atoms with Crippen molar-refractivity contribution in [2.24, 2.45) is 0 Å². The van der Waals surface area contributed by atoms with Crippen LogP contribution in [0.4, 0.5) is 4.39 Å². The molecule has 1 N–H and O–H groups in total. The minimum Gasteiger partial charge on any atom is -0.390 e. The van der Waals surface area contributed by atoms with Gasteiger partial charge in [-0.2, -0.15) is 0 Å². The van der Waals surface area contributed by atoms with Crippen LogP contribution in [0.3, 0.4) is 0 Å². The third-order valence-corrected chi connectivity index (χ3v) is 6.10. The summed E-state index contributed by atoms with van der Waals surface area (Å²) in [6.07, 6.45) is 4.84. The van der Waals surface area contributed by atoms with E-state index in [1.165, 1.54) is 6.07 Å². The summed E-state index contributed by atoms with van der Waals surface area (Å²) in [6, 6.07) is 7.38. The molecule has 3 nitrogen and oxygen atoms in total. The number of hydrogen-bond acceptors (Lipinski definition) is 3. The van der Waals surface area contributed by atoms with Gasteiger partial charge in [0.1, 0.15) is 5.82 Å². The van der Waals surface area contributed by atoms with Crippen LogP contribution >= 0.6 is 0 Å². The van der Waals surface area contributed by atoms with E-state index in [1.54, 1.807) is 12.1 Å². The molecule has 0 saturated heterocycles. The second-order valence-corrected chi connectivity index (χ2v) is 8.99. The lowest BCUT2D eigenvalue weighted by Crippen LogP contribution is -2.46. The minimum atomic E-state index is -3.06. The summed E-state index contributed by atoms with van der Waals surface area (Å²) >= 11 is 0. The fourth-order valence-corrected chi connectivity index (χ4v) is 5.07. The molecule has 0 unspecified atom stereocenters. The highest BCUT2D eigenvalue weighted by atomic mass is 28.4. The average molecular weight is 343 g/mol. The van der Waals surface area contributed by atoms with Gasteiger partial charge in [0.25, 0.3) is 0 Å². The Kier molecular flexibility index (Phi) is 8.98. The Hall–Kier alpha value is -0.753. The van der Waals surface area contributed by atoms with E-state index in [0.717, 1.165) is 37.7 Å². The van der Waals surface area contributed by atoms with Crippen molar-refractivity contribution in [3.8, 4) is 0 Å². The maximum absolute atomic E-state index is 13.1. The smallest absolute Gasteiger partial charge is 0.390 e. The molecular formula is C18H31FO3Si. The van der Waals surface area contributed by atoms with E-state index < -0.39 is 8.80 Å². The fourth-order valence-electron chi connectivity index (χ4n) is 2.61. The summed E-state index contributed by atoms with van der Waals surface area (Å²) in [6.45, 7) is 7.67. The summed E-state index contributed by atoms with van der Waals surface area (Å²) in [5.74, 6) is -0.171. The largest absolute Gasteiger partial charge is 0.498 e. The van der Waals surface area contributed by atoms with Crippen molar-refractivity contribution in [1.29, 1.82) is 0 Å². The Morgan fingerprint density at radius 1 is 1.00 bits per heavy atom. The monoisotopic (exact) mass is 342 g/mol. The Balaban J connectivity index is 2.25. The van der Waals surface area contributed by atoms with Crippen LogP contribution in [0, 0.1) is 5.82 Å². The van der Waals surface area contributed by atoms with E-state index in [2.05, 4.69) is 0 Å². The predicted molar refractivity (Wildman–Crippen MR) is 93.8 cm³/mol. The number of benzene rings is 1. The van der Waals surface area contributed by atoms with Gasteiger partial charge >= 0.3 is 8.80 Å². The highest BCUT2D eigenvalue weighted by Crippen LogP contribution is 2.20. The molecule has 5 heteroatoms. The SMILES string of the molecule is CC(C)O[Si](O)(CCCCCCc1cccc(F)c1)OC(C)C. The number of halogens is 1. The molecule has 0 aliphatic heterocycles. The van der Waals surface area contributed by atoms with Crippen LogP contribution in [0.25, 0.3) is 0 Å². The molecular weight excluding hydrogens is 311 g/mol. The molecule has 0 aromatic heterocycles. The normalized spacial score (nSPS) is 12.3. The molecule has 1 aromatic carbocycles. The number of hydrogen-bond donors (Lipinski definition) is 1. The van der Waals surface area contributed by atoms with Crippen LogP contribution in [0.5, 0.6) is 0 Å². The van der Waals surface area contributed by atoms with Gasteiger partial charge < -0.3 is 13.6 Å². The van der Waals surface area contributed by atoms with Crippen LogP contribution in [-0.4, -0.2) is 25.8 Å². The average Bonchev–Trinajstić information content (AvgIpc) is 2.40. The van der Waals surface area contributed by atoms with E-state index in [9.17, 15) is 9.19 Å². The van der Waals surface area contributed by atoms with Gasteiger partial charge in [-0.3, -0.25) is 0 Å². The second-order valence-electron chi connectivity index (χ2n) is 6.59. The predicted octanol–water partition coefficient (Wildman–Crippen LogP) is 4.71. The number of aryl methyl sites for hydroxylation is 1. The van der Waals surface area contributed by atoms with Gasteiger partial charge in [0.2, 0.25) is 0 Å². The van der Waals surface area contributed by atoms with Crippen LogP contribution in [0.1, 0.15) is 58.9 Å². The molecule has 0 atom stereocenters. The molecule has 0 amide bonds. The molecule has 1 rings (SSSR count). The van der Waals surface area contributed by atoms with Crippen molar-refractivity contribution in [3.05, 3.63) is 35.6 Å². The number of rotatable bonds is 11. The summed E-state index contributed by atoms with van der Waals surface area (Å²) in [5, 5.41) is 0. The van der Waals surface area contributed by atoms with Gasteiger partial charge in [0, 0.05) is 18.3 Å². The zero-order valence-corrected chi connectivity index (χ0v) is 15.8. The highest BCUT2D eigenvalue weighted by molar-refractivity contribution is 6.59. The van der Waals surface area contributed by atoms with E-state index >= 15 is 0 Å². The maximum Gasteiger partial charge on any atom is 0.498 e. The summed E-state index contributed by atoms with van der Waals surface area (Å²) in [5.41, 5.74) is 1.04. The minimum absolute atomic E-state index is 0.0293. The molecule has 0 aliphatic rings. The Morgan fingerprint density at radius 3 is 2.17 bits per heavy atom. The fraction of sp³-hybridized carbons (Fsp3) is 0.667. The van der Waals surface area contributed by atoms with Crippen molar-refractivity contribution < 1.29 is 18.0 Å². The molecule has 0 radical (unpaired) electrons. The first kappa shape index (κ1) is 20.3. The molecule has 1 aromatic rings. The summed E-state index contributed by atoms with van der Waals surface area (Å²) in [4.78, 5) is 10.6. The van der Waals surface area contributed by atoms with Crippen LogP contribution in [0.15, 0.2) is 24.3 Å². The van der Waals surface area contributed by atoms with Crippen LogP contribution < -0.4 is 0 Å². The van der Waals surface area contributed by atoms with Gasteiger partial charge in [-0.05, 0) is 64.7 Å². The third-order valence-electron chi connectivity index (χ3n) is 3.44. The van der Waals surface area contributed by atoms with Crippen molar-refractivity contribution in [2.75, 3.05) is 0 Å².